The molecule has 2 heterocycles. The van der Waals surface area contributed by atoms with Gasteiger partial charge in [0, 0.05) is 24.5 Å². The monoisotopic (exact) mass is 368 g/mol. The molecule has 0 saturated heterocycles. The van der Waals surface area contributed by atoms with Crippen molar-refractivity contribution in [2.75, 3.05) is 5.32 Å². The van der Waals surface area contributed by atoms with Crippen molar-refractivity contribution >= 4 is 23.0 Å². The fourth-order valence-electron chi connectivity index (χ4n) is 2.86. The predicted octanol–water partition coefficient (Wildman–Crippen LogP) is 3.33. The van der Waals surface area contributed by atoms with Crippen molar-refractivity contribution in [3.63, 3.8) is 0 Å². The number of nitrogens with zero attached hydrogens (tertiary/aromatic N) is 4. The number of benzene rings is 1. The highest BCUT2D eigenvalue weighted by Crippen LogP contribution is 2.16. The Morgan fingerprint density at radius 2 is 1.96 bits per heavy atom. The first-order valence-electron chi connectivity index (χ1n) is 8.57. The third-order valence-electron chi connectivity index (χ3n) is 4.57. The summed E-state index contributed by atoms with van der Waals surface area (Å²) >= 11 is 5.44. The van der Waals surface area contributed by atoms with Crippen molar-refractivity contribution in [2.45, 2.75) is 33.4 Å². The zero-order valence-electron chi connectivity index (χ0n) is 15.5. The quantitative estimate of drug-likeness (QED) is 0.677. The molecule has 7 heteroatoms. The van der Waals surface area contributed by atoms with Gasteiger partial charge < -0.3 is 10.6 Å². The van der Waals surface area contributed by atoms with E-state index in [1.165, 1.54) is 11.1 Å². The molecule has 1 atom stereocenters. The molecule has 1 unspecified atom stereocenters. The number of rotatable bonds is 5. The SMILES string of the molecule is Cc1ccccc1Cn1cc(NC(=S)NC(C)c2cnn(C)c2C)cn1. The van der Waals surface area contributed by atoms with Crippen LogP contribution in [0.1, 0.15) is 35.3 Å². The lowest BCUT2D eigenvalue weighted by molar-refractivity contribution is 0.684. The van der Waals surface area contributed by atoms with E-state index in [1.807, 2.05) is 47.9 Å². The minimum absolute atomic E-state index is 0.0747. The highest BCUT2D eigenvalue weighted by atomic mass is 32.1. The summed E-state index contributed by atoms with van der Waals surface area (Å²) in [7, 11) is 1.94. The van der Waals surface area contributed by atoms with E-state index in [4.69, 9.17) is 12.2 Å². The lowest BCUT2D eigenvalue weighted by atomic mass is 10.1. The Kier molecular flexibility index (Phi) is 5.37. The molecule has 0 amide bonds. The third-order valence-corrected chi connectivity index (χ3v) is 4.79. The molecule has 0 saturated carbocycles. The van der Waals surface area contributed by atoms with Crippen LogP contribution in [0.15, 0.2) is 42.9 Å². The molecular formula is C19H24N6S. The minimum Gasteiger partial charge on any atom is -0.356 e. The van der Waals surface area contributed by atoms with Crippen molar-refractivity contribution in [1.82, 2.24) is 24.9 Å². The van der Waals surface area contributed by atoms with Gasteiger partial charge in [0.25, 0.3) is 0 Å². The average Bonchev–Trinajstić information content (AvgIpc) is 3.17. The number of anilines is 1. The molecule has 0 spiro atoms. The van der Waals surface area contributed by atoms with Gasteiger partial charge in [0.1, 0.15) is 0 Å². The third kappa shape index (κ3) is 4.11. The van der Waals surface area contributed by atoms with E-state index >= 15 is 0 Å². The van der Waals surface area contributed by atoms with Gasteiger partial charge in [-0.25, -0.2) is 0 Å². The van der Waals surface area contributed by atoms with Crippen molar-refractivity contribution in [2.24, 2.45) is 7.05 Å². The van der Waals surface area contributed by atoms with Crippen LogP contribution in [-0.4, -0.2) is 24.7 Å². The molecule has 0 aliphatic carbocycles. The number of hydrogen-bond donors (Lipinski definition) is 2. The van der Waals surface area contributed by atoms with Crippen LogP contribution in [-0.2, 0) is 13.6 Å². The molecule has 2 aromatic heterocycles. The maximum absolute atomic E-state index is 5.44. The zero-order chi connectivity index (χ0) is 18.7. The Bertz CT molecular complexity index is 910. The maximum atomic E-state index is 5.44. The summed E-state index contributed by atoms with van der Waals surface area (Å²) in [4.78, 5) is 0. The fraction of sp³-hybridized carbons (Fsp3) is 0.316. The number of aryl methyl sites for hydroxylation is 2. The molecule has 0 bridgehead atoms. The van der Waals surface area contributed by atoms with E-state index in [2.05, 4.69) is 46.8 Å². The lowest BCUT2D eigenvalue weighted by Crippen LogP contribution is -2.31. The van der Waals surface area contributed by atoms with Crippen LogP contribution in [0.25, 0.3) is 0 Å². The second-order valence-electron chi connectivity index (χ2n) is 6.48. The second-order valence-corrected chi connectivity index (χ2v) is 6.89. The summed E-state index contributed by atoms with van der Waals surface area (Å²) in [5.74, 6) is 0. The number of hydrogen-bond acceptors (Lipinski definition) is 3. The van der Waals surface area contributed by atoms with Gasteiger partial charge in [-0.2, -0.15) is 10.2 Å². The Balaban J connectivity index is 1.59. The summed E-state index contributed by atoms with van der Waals surface area (Å²) in [5, 5.41) is 15.8. The van der Waals surface area contributed by atoms with Gasteiger partial charge in [-0.15, -0.1) is 0 Å². The number of aromatic nitrogens is 4. The van der Waals surface area contributed by atoms with Gasteiger partial charge in [0.2, 0.25) is 0 Å². The van der Waals surface area contributed by atoms with E-state index in [-0.39, 0.29) is 6.04 Å². The zero-order valence-corrected chi connectivity index (χ0v) is 16.3. The number of thiocarbonyl (C=S) groups is 1. The van der Waals surface area contributed by atoms with Gasteiger partial charge in [-0.3, -0.25) is 9.36 Å². The molecule has 1 aromatic carbocycles. The summed E-state index contributed by atoms with van der Waals surface area (Å²) in [5.41, 5.74) is 5.64. The van der Waals surface area contributed by atoms with Crippen LogP contribution >= 0.6 is 12.2 Å². The maximum Gasteiger partial charge on any atom is 0.171 e. The largest absolute Gasteiger partial charge is 0.356 e. The van der Waals surface area contributed by atoms with Crippen LogP contribution in [0.3, 0.4) is 0 Å². The molecule has 6 nitrogen and oxygen atoms in total. The van der Waals surface area contributed by atoms with Crippen LogP contribution in [0, 0.1) is 13.8 Å². The molecule has 136 valence electrons. The van der Waals surface area contributed by atoms with Crippen LogP contribution in [0.4, 0.5) is 5.69 Å². The van der Waals surface area contributed by atoms with Crippen LogP contribution < -0.4 is 10.6 Å². The molecule has 3 rings (SSSR count). The van der Waals surface area contributed by atoms with E-state index in [0.717, 1.165) is 23.5 Å². The van der Waals surface area contributed by atoms with Crippen LogP contribution in [0.2, 0.25) is 0 Å². The normalized spacial score (nSPS) is 12.0. The smallest absolute Gasteiger partial charge is 0.171 e. The Hall–Kier alpha value is -2.67. The summed E-state index contributed by atoms with van der Waals surface area (Å²) in [6, 6.07) is 8.40. The molecular weight excluding hydrogens is 344 g/mol. The van der Waals surface area contributed by atoms with Gasteiger partial charge in [0.05, 0.1) is 30.7 Å². The second kappa shape index (κ2) is 7.70. The van der Waals surface area contributed by atoms with Crippen molar-refractivity contribution in [3.05, 3.63) is 65.2 Å². The average molecular weight is 369 g/mol. The molecule has 2 N–H and O–H groups in total. The van der Waals surface area contributed by atoms with Gasteiger partial charge >= 0.3 is 0 Å². The van der Waals surface area contributed by atoms with E-state index < -0.39 is 0 Å². The molecule has 0 fully saturated rings. The minimum atomic E-state index is 0.0747. The Morgan fingerprint density at radius 1 is 1.19 bits per heavy atom. The van der Waals surface area contributed by atoms with E-state index in [1.54, 1.807) is 6.20 Å². The molecule has 0 radical (unpaired) electrons. The van der Waals surface area contributed by atoms with Gasteiger partial charge in [0.15, 0.2) is 5.11 Å². The van der Waals surface area contributed by atoms with Crippen molar-refractivity contribution in [1.29, 1.82) is 0 Å². The Morgan fingerprint density at radius 3 is 2.65 bits per heavy atom. The molecule has 0 aliphatic rings. The molecule has 26 heavy (non-hydrogen) atoms. The van der Waals surface area contributed by atoms with Gasteiger partial charge in [-0.1, -0.05) is 24.3 Å². The first-order chi connectivity index (χ1) is 12.4. The first kappa shape index (κ1) is 18.1. The van der Waals surface area contributed by atoms with E-state index in [0.29, 0.717) is 5.11 Å². The predicted molar refractivity (Wildman–Crippen MR) is 108 cm³/mol. The standard InChI is InChI=1S/C19H24N6S/c1-13-7-5-6-8-16(13)11-25-12-17(9-21-25)23-19(26)22-14(2)18-10-20-24(4)15(18)3/h5-10,12,14H,11H2,1-4H3,(H2,22,23,26). The Labute approximate surface area is 159 Å². The fourth-order valence-corrected chi connectivity index (χ4v) is 3.15. The van der Waals surface area contributed by atoms with Crippen molar-refractivity contribution in [3.8, 4) is 0 Å². The summed E-state index contributed by atoms with van der Waals surface area (Å²) in [6.45, 7) is 6.96. The highest BCUT2D eigenvalue weighted by molar-refractivity contribution is 7.80. The van der Waals surface area contributed by atoms with Crippen molar-refractivity contribution < 1.29 is 0 Å². The van der Waals surface area contributed by atoms with Crippen LogP contribution in [0.5, 0.6) is 0 Å². The lowest BCUT2D eigenvalue weighted by Gasteiger charge is -2.16. The molecule has 3 aromatic rings. The van der Waals surface area contributed by atoms with E-state index in [9.17, 15) is 0 Å². The summed E-state index contributed by atoms with van der Waals surface area (Å²) < 4.78 is 3.77. The topological polar surface area (TPSA) is 59.7 Å². The highest BCUT2D eigenvalue weighted by Gasteiger charge is 2.13. The first-order valence-corrected chi connectivity index (χ1v) is 8.98. The number of nitrogens with one attached hydrogen (secondary N) is 2. The molecule has 0 aliphatic heterocycles. The van der Waals surface area contributed by atoms with Gasteiger partial charge in [-0.05, 0) is 44.1 Å². The summed E-state index contributed by atoms with van der Waals surface area (Å²) in [6.07, 6.45) is 5.61.